The van der Waals surface area contributed by atoms with Crippen LogP contribution in [0.3, 0.4) is 0 Å². The lowest BCUT2D eigenvalue weighted by Gasteiger charge is -2.11. The monoisotopic (exact) mass is 216 g/mol. The Hall–Kier alpha value is -0.650. The van der Waals surface area contributed by atoms with Crippen molar-refractivity contribution in [3.05, 3.63) is 11.1 Å². The molecule has 0 spiro atoms. The number of thiazole rings is 1. The highest BCUT2D eigenvalue weighted by Gasteiger charge is 2.04. The second kappa shape index (κ2) is 5.95. The summed E-state index contributed by atoms with van der Waals surface area (Å²) in [5.41, 5.74) is 5.49. The number of rotatable bonds is 6. The van der Waals surface area contributed by atoms with Gasteiger partial charge in [-0.05, 0) is 13.8 Å². The van der Waals surface area contributed by atoms with Crippen LogP contribution in [0.4, 0.5) is 5.13 Å². The minimum absolute atomic E-state index is 0.110. The molecule has 0 radical (unpaired) electrons. The number of nitrogens with zero attached hydrogens (tertiary/aromatic N) is 1. The third-order valence-corrected chi connectivity index (χ3v) is 2.44. The van der Waals surface area contributed by atoms with E-state index in [1.54, 1.807) is 6.20 Å². The van der Waals surface area contributed by atoms with Gasteiger partial charge in [0.1, 0.15) is 0 Å². The van der Waals surface area contributed by atoms with Crippen molar-refractivity contribution in [1.29, 1.82) is 0 Å². The minimum Gasteiger partial charge on any atom is -0.379 e. The van der Waals surface area contributed by atoms with E-state index in [9.17, 15) is 0 Å². The maximum atomic E-state index is 5.53. The van der Waals surface area contributed by atoms with Gasteiger partial charge in [0.15, 0.2) is 5.13 Å². The largest absolute Gasteiger partial charge is 0.379 e. The lowest BCUT2D eigenvalue weighted by atomic mass is 10.4. The van der Waals surface area contributed by atoms with E-state index in [0.717, 1.165) is 11.5 Å². The van der Waals surface area contributed by atoms with Crippen LogP contribution < -0.4 is 5.73 Å². The van der Waals surface area contributed by atoms with Crippen LogP contribution in [0.5, 0.6) is 0 Å². The van der Waals surface area contributed by atoms with Gasteiger partial charge in [0, 0.05) is 12.8 Å². The highest BCUT2D eigenvalue weighted by molar-refractivity contribution is 7.15. The van der Waals surface area contributed by atoms with Crippen LogP contribution in [-0.2, 0) is 16.1 Å². The Bertz CT molecular complexity index is 265. The zero-order valence-electron chi connectivity index (χ0n) is 8.53. The predicted octanol–water partition coefficient (Wildman–Crippen LogP) is 1.67. The third kappa shape index (κ3) is 4.04. The average molecular weight is 216 g/mol. The summed E-state index contributed by atoms with van der Waals surface area (Å²) in [6.45, 7) is 5.87. The molecule has 2 N–H and O–H groups in total. The van der Waals surface area contributed by atoms with Gasteiger partial charge < -0.3 is 15.2 Å². The molecule has 0 saturated heterocycles. The van der Waals surface area contributed by atoms with E-state index in [2.05, 4.69) is 4.98 Å². The first-order valence-electron chi connectivity index (χ1n) is 4.62. The molecule has 0 aliphatic rings. The first kappa shape index (κ1) is 11.4. The number of hydrogen-bond donors (Lipinski definition) is 1. The smallest absolute Gasteiger partial charge is 0.180 e. The van der Waals surface area contributed by atoms with Gasteiger partial charge in [-0.25, -0.2) is 4.98 Å². The van der Waals surface area contributed by atoms with Crippen LogP contribution in [0.2, 0.25) is 0 Å². The molecule has 0 aromatic carbocycles. The maximum absolute atomic E-state index is 5.53. The van der Waals surface area contributed by atoms with E-state index in [-0.39, 0.29) is 6.10 Å². The minimum atomic E-state index is 0.110. The van der Waals surface area contributed by atoms with Crippen molar-refractivity contribution < 1.29 is 9.47 Å². The summed E-state index contributed by atoms with van der Waals surface area (Å²) in [6.07, 6.45) is 1.85. The number of nitrogen functional groups attached to an aromatic ring is 1. The van der Waals surface area contributed by atoms with E-state index in [1.165, 1.54) is 11.3 Å². The molecular weight excluding hydrogens is 200 g/mol. The Kier molecular flexibility index (Phi) is 4.86. The molecular formula is C9H16N2O2S. The van der Waals surface area contributed by atoms with Crippen molar-refractivity contribution in [2.45, 2.75) is 26.6 Å². The Morgan fingerprint density at radius 2 is 2.43 bits per heavy atom. The van der Waals surface area contributed by atoms with Gasteiger partial charge in [0.05, 0.1) is 24.2 Å². The fraction of sp³-hybridized carbons (Fsp3) is 0.667. The van der Waals surface area contributed by atoms with E-state index in [1.807, 2.05) is 13.8 Å². The van der Waals surface area contributed by atoms with Gasteiger partial charge in [0.25, 0.3) is 0 Å². The molecule has 0 bridgehead atoms. The van der Waals surface area contributed by atoms with Crippen molar-refractivity contribution in [3.8, 4) is 0 Å². The Balaban J connectivity index is 2.20. The van der Waals surface area contributed by atoms with Crippen LogP contribution in [0, 0.1) is 0 Å². The van der Waals surface area contributed by atoms with E-state index in [0.29, 0.717) is 18.3 Å². The lowest BCUT2D eigenvalue weighted by Crippen LogP contribution is -2.15. The Morgan fingerprint density at radius 1 is 1.64 bits per heavy atom. The molecule has 0 saturated carbocycles. The number of aromatic nitrogens is 1. The average Bonchev–Trinajstić information content (AvgIpc) is 2.58. The lowest BCUT2D eigenvalue weighted by molar-refractivity contribution is -0.0108. The maximum Gasteiger partial charge on any atom is 0.180 e. The second-order valence-corrected chi connectivity index (χ2v) is 4.09. The number of nitrogens with two attached hydrogens (primary N) is 1. The van der Waals surface area contributed by atoms with Crippen LogP contribution in [0.25, 0.3) is 0 Å². The normalized spacial score (nSPS) is 13.0. The fourth-order valence-electron chi connectivity index (χ4n) is 0.946. The summed E-state index contributed by atoms with van der Waals surface area (Å²) in [5.74, 6) is 0. The molecule has 0 aliphatic heterocycles. The molecule has 4 nitrogen and oxygen atoms in total. The summed E-state index contributed by atoms with van der Waals surface area (Å²) in [4.78, 5) is 4.99. The molecule has 14 heavy (non-hydrogen) atoms. The Morgan fingerprint density at radius 3 is 3.00 bits per heavy atom. The molecule has 1 aromatic heterocycles. The zero-order chi connectivity index (χ0) is 10.4. The Labute approximate surface area is 88.0 Å². The van der Waals surface area contributed by atoms with Gasteiger partial charge in [-0.3, -0.25) is 0 Å². The molecule has 80 valence electrons. The number of ether oxygens (including phenoxy) is 2. The summed E-state index contributed by atoms with van der Waals surface area (Å²) < 4.78 is 10.8. The van der Waals surface area contributed by atoms with E-state index in [4.69, 9.17) is 15.2 Å². The fourth-order valence-corrected chi connectivity index (χ4v) is 1.55. The van der Waals surface area contributed by atoms with Crippen molar-refractivity contribution in [2.75, 3.05) is 18.9 Å². The van der Waals surface area contributed by atoms with Gasteiger partial charge in [0.2, 0.25) is 0 Å². The molecule has 1 aromatic rings. The van der Waals surface area contributed by atoms with Crippen molar-refractivity contribution in [1.82, 2.24) is 4.98 Å². The van der Waals surface area contributed by atoms with Crippen LogP contribution in [-0.4, -0.2) is 24.3 Å². The van der Waals surface area contributed by atoms with Crippen molar-refractivity contribution in [3.63, 3.8) is 0 Å². The third-order valence-electron chi connectivity index (χ3n) is 1.64. The first-order valence-corrected chi connectivity index (χ1v) is 5.43. The SMILES string of the molecule is CCOCC(C)OCc1cnc(N)s1. The first-order chi connectivity index (χ1) is 6.72. The van der Waals surface area contributed by atoms with Crippen LogP contribution >= 0.6 is 11.3 Å². The zero-order valence-corrected chi connectivity index (χ0v) is 9.34. The van der Waals surface area contributed by atoms with Crippen LogP contribution in [0.15, 0.2) is 6.20 Å². The molecule has 1 unspecified atom stereocenters. The standard InChI is InChI=1S/C9H16N2O2S/c1-3-12-5-7(2)13-6-8-4-11-9(10)14-8/h4,7H,3,5-6H2,1-2H3,(H2,10,11). The quantitative estimate of drug-likeness (QED) is 0.785. The predicted molar refractivity (Wildman–Crippen MR) is 57.3 cm³/mol. The van der Waals surface area contributed by atoms with E-state index >= 15 is 0 Å². The molecule has 1 atom stereocenters. The van der Waals surface area contributed by atoms with Gasteiger partial charge >= 0.3 is 0 Å². The highest BCUT2D eigenvalue weighted by atomic mass is 32.1. The van der Waals surface area contributed by atoms with Crippen molar-refractivity contribution in [2.24, 2.45) is 0 Å². The molecule has 1 heterocycles. The van der Waals surface area contributed by atoms with Gasteiger partial charge in [-0.2, -0.15) is 0 Å². The topological polar surface area (TPSA) is 57.4 Å². The second-order valence-electron chi connectivity index (χ2n) is 2.95. The summed E-state index contributed by atoms with van der Waals surface area (Å²) in [5, 5.41) is 0.584. The van der Waals surface area contributed by atoms with E-state index < -0.39 is 0 Å². The van der Waals surface area contributed by atoms with Crippen molar-refractivity contribution >= 4 is 16.5 Å². The summed E-state index contributed by atoms with van der Waals surface area (Å²) in [7, 11) is 0. The van der Waals surface area contributed by atoms with Gasteiger partial charge in [-0.1, -0.05) is 11.3 Å². The van der Waals surface area contributed by atoms with Crippen LogP contribution in [0.1, 0.15) is 18.7 Å². The highest BCUT2D eigenvalue weighted by Crippen LogP contribution is 2.15. The number of hydrogen-bond acceptors (Lipinski definition) is 5. The summed E-state index contributed by atoms with van der Waals surface area (Å²) >= 11 is 1.45. The molecule has 5 heteroatoms. The molecule has 0 fully saturated rings. The number of anilines is 1. The molecule has 1 rings (SSSR count). The summed E-state index contributed by atoms with van der Waals surface area (Å²) in [6, 6.07) is 0. The molecule has 0 amide bonds. The molecule has 0 aliphatic carbocycles. The van der Waals surface area contributed by atoms with Gasteiger partial charge in [-0.15, -0.1) is 0 Å².